The Labute approximate surface area is 197 Å². The van der Waals surface area contributed by atoms with Gasteiger partial charge in [-0.3, -0.25) is 14.9 Å². The van der Waals surface area contributed by atoms with Crippen LogP contribution in [-0.2, 0) is 11.4 Å². The van der Waals surface area contributed by atoms with Crippen LogP contribution in [-0.4, -0.2) is 21.8 Å². The lowest BCUT2D eigenvalue weighted by atomic mass is 10.1. The van der Waals surface area contributed by atoms with Crippen molar-refractivity contribution in [3.05, 3.63) is 75.3 Å². The van der Waals surface area contributed by atoms with E-state index in [1.165, 1.54) is 30.4 Å². The highest BCUT2D eigenvalue weighted by molar-refractivity contribution is 7.14. The molecular weight excluding hydrogens is 463 g/mol. The summed E-state index contributed by atoms with van der Waals surface area (Å²) in [6.45, 7) is 3.60. The summed E-state index contributed by atoms with van der Waals surface area (Å²) >= 11 is 2.74. The number of aromatic nitrogens is 2. The van der Waals surface area contributed by atoms with Crippen molar-refractivity contribution in [3.63, 3.8) is 0 Å². The molecule has 2 aromatic heterocycles. The van der Waals surface area contributed by atoms with E-state index >= 15 is 0 Å². The first kappa shape index (κ1) is 22.6. The fourth-order valence-electron chi connectivity index (χ4n) is 2.99. The van der Waals surface area contributed by atoms with E-state index in [1.807, 2.05) is 12.3 Å². The van der Waals surface area contributed by atoms with E-state index in [0.717, 1.165) is 10.7 Å². The van der Waals surface area contributed by atoms with Crippen LogP contribution in [0.2, 0.25) is 0 Å². The van der Waals surface area contributed by atoms with Crippen LogP contribution in [0.25, 0.3) is 11.3 Å². The molecule has 2 amide bonds. The fraction of sp³-hybridized carbons (Fsp3) is 0.130. The number of carbonyl (C=O) groups excluding carboxylic acids is 2. The summed E-state index contributed by atoms with van der Waals surface area (Å²) in [7, 11) is 0. The first-order chi connectivity index (χ1) is 15.9. The number of nitrogens with one attached hydrogen (secondary N) is 2. The number of ether oxygens (including phenoxy) is 1. The minimum Gasteiger partial charge on any atom is -0.487 e. The number of thiazole rings is 2. The molecule has 0 saturated carbocycles. The molecule has 0 radical (unpaired) electrons. The molecule has 2 N–H and O–H groups in total. The van der Waals surface area contributed by atoms with Crippen LogP contribution in [0.3, 0.4) is 0 Å². The number of rotatable bonds is 7. The normalized spacial score (nSPS) is 10.6. The van der Waals surface area contributed by atoms with Gasteiger partial charge in [-0.25, -0.2) is 14.4 Å². The molecule has 168 valence electrons. The van der Waals surface area contributed by atoms with Gasteiger partial charge in [0, 0.05) is 34.5 Å². The maximum absolute atomic E-state index is 14.5. The Morgan fingerprint density at radius 2 is 1.91 bits per heavy atom. The summed E-state index contributed by atoms with van der Waals surface area (Å²) in [6, 6.07) is 11.2. The van der Waals surface area contributed by atoms with Crippen molar-refractivity contribution >= 4 is 45.3 Å². The van der Waals surface area contributed by atoms with Crippen LogP contribution in [0.15, 0.2) is 53.2 Å². The van der Waals surface area contributed by atoms with Crippen molar-refractivity contribution in [2.24, 2.45) is 0 Å². The van der Waals surface area contributed by atoms with Crippen molar-refractivity contribution < 1.29 is 18.7 Å². The third-order valence-electron chi connectivity index (χ3n) is 4.44. The van der Waals surface area contributed by atoms with E-state index in [0.29, 0.717) is 34.4 Å². The Bertz CT molecular complexity index is 1320. The molecule has 0 unspecified atom stereocenters. The summed E-state index contributed by atoms with van der Waals surface area (Å²) in [5, 5.41) is 10.2. The SMILES string of the molecule is CC(=O)Nc1ccc(-c2csc(NC(=O)c3cccc(OCc4csc(C)n4)c3)n2)c(F)c1. The van der Waals surface area contributed by atoms with Crippen LogP contribution in [0.1, 0.15) is 28.0 Å². The highest BCUT2D eigenvalue weighted by atomic mass is 32.1. The zero-order valence-corrected chi connectivity index (χ0v) is 19.3. The van der Waals surface area contributed by atoms with Gasteiger partial charge >= 0.3 is 0 Å². The number of hydrogen-bond acceptors (Lipinski definition) is 7. The minimum atomic E-state index is -0.524. The molecule has 0 aliphatic carbocycles. The molecule has 0 saturated heterocycles. The van der Waals surface area contributed by atoms with E-state index in [2.05, 4.69) is 20.6 Å². The molecule has 4 aromatic rings. The number of amides is 2. The highest BCUT2D eigenvalue weighted by Gasteiger charge is 2.14. The third kappa shape index (κ3) is 5.79. The largest absolute Gasteiger partial charge is 0.487 e. The molecule has 0 fully saturated rings. The maximum atomic E-state index is 14.5. The highest BCUT2D eigenvalue weighted by Crippen LogP contribution is 2.29. The Balaban J connectivity index is 1.42. The van der Waals surface area contributed by atoms with E-state index < -0.39 is 5.82 Å². The second-order valence-corrected chi connectivity index (χ2v) is 8.96. The number of aryl methyl sites for hydroxylation is 1. The standard InChI is InChI=1S/C23H19FN4O3S2/c1-13(29)25-16-6-7-19(20(24)9-16)21-12-33-23(27-21)28-22(30)15-4-3-5-18(8-15)31-10-17-11-32-14(2)26-17/h3-9,11-12H,10H2,1-2H3,(H,25,29)(H,27,28,30). The lowest BCUT2D eigenvalue weighted by molar-refractivity contribution is -0.114. The molecule has 0 atom stereocenters. The first-order valence-corrected chi connectivity index (χ1v) is 11.6. The van der Waals surface area contributed by atoms with Gasteiger partial charge in [-0.15, -0.1) is 22.7 Å². The Morgan fingerprint density at radius 3 is 2.64 bits per heavy atom. The molecule has 0 bridgehead atoms. The van der Waals surface area contributed by atoms with Crippen LogP contribution in [0.4, 0.5) is 15.2 Å². The summed E-state index contributed by atoms with van der Waals surface area (Å²) in [5.74, 6) is -0.611. The van der Waals surface area contributed by atoms with Crippen LogP contribution in [0, 0.1) is 12.7 Å². The zero-order valence-electron chi connectivity index (χ0n) is 17.7. The van der Waals surface area contributed by atoms with E-state index in [-0.39, 0.29) is 17.4 Å². The zero-order chi connectivity index (χ0) is 23.4. The van der Waals surface area contributed by atoms with Gasteiger partial charge in [0.05, 0.1) is 16.4 Å². The van der Waals surface area contributed by atoms with Gasteiger partial charge in [-0.2, -0.15) is 0 Å². The van der Waals surface area contributed by atoms with E-state index in [4.69, 9.17) is 4.74 Å². The summed E-state index contributed by atoms with van der Waals surface area (Å²) in [4.78, 5) is 32.5. The van der Waals surface area contributed by atoms with Gasteiger partial charge in [0.25, 0.3) is 5.91 Å². The molecule has 7 nitrogen and oxygen atoms in total. The van der Waals surface area contributed by atoms with Crippen LogP contribution in [0.5, 0.6) is 5.75 Å². The van der Waals surface area contributed by atoms with Crippen molar-refractivity contribution in [1.82, 2.24) is 9.97 Å². The summed E-state index contributed by atoms with van der Waals surface area (Å²) in [6.07, 6.45) is 0. The minimum absolute atomic E-state index is 0.272. The Morgan fingerprint density at radius 1 is 1.06 bits per heavy atom. The van der Waals surface area contributed by atoms with Crippen molar-refractivity contribution in [2.75, 3.05) is 10.6 Å². The predicted octanol–water partition coefficient (Wildman–Crippen LogP) is 5.50. The van der Waals surface area contributed by atoms with Gasteiger partial charge in [0.1, 0.15) is 18.2 Å². The molecule has 4 rings (SSSR count). The number of benzene rings is 2. The maximum Gasteiger partial charge on any atom is 0.257 e. The molecule has 0 aliphatic heterocycles. The molecule has 2 aromatic carbocycles. The average molecular weight is 483 g/mol. The Hall–Kier alpha value is -3.63. The molecular formula is C23H19FN4O3S2. The van der Waals surface area contributed by atoms with E-state index in [9.17, 15) is 14.0 Å². The summed E-state index contributed by atoms with van der Waals surface area (Å²) in [5.41, 5.74) is 2.26. The third-order valence-corrected chi connectivity index (χ3v) is 6.02. The Kier molecular flexibility index (Phi) is 6.76. The van der Waals surface area contributed by atoms with Crippen molar-refractivity contribution in [1.29, 1.82) is 0 Å². The molecule has 0 spiro atoms. The molecule has 0 aliphatic rings. The number of halogens is 1. The number of anilines is 2. The number of hydrogen-bond donors (Lipinski definition) is 2. The van der Waals surface area contributed by atoms with Crippen molar-refractivity contribution in [3.8, 4) is 17.0 Å². The number of nitrogens with zero attached hydrogens (tertiary/aromatic N) is 2. The smallest absolute Gasteiger partial charge is 0.257 e. The molecule has 33 heavy (non-hydrogen) atoms. The fourth-order valence-corrected chi connectivity index (χ4v) is 4.29. The van der Waals surface area contributed by atoms with Gasteiger partial charge in [0.2, 0.25) is 5.91 Å². The average Bonchev–Trinajstić information content (AvgIpc) is 3.41. The lowest BCUT2D eigenvalue weighted by Crippen LogP contribution is -2.11. The summed E-state index contributed by atoms with van der Waals surface area (Å²) < 4.78 is 20.2. The van der Waals surface area contributed by atoms with E-state index in [1.54, 1.807) is 47.0 Å². The van der Waals surface area contributed by atoms with Gasteiger partial charge in [-0.05, 0) is 43.3 Å². The second-order valence-electron chi connectivity index (χ2n) is 7.04. The molecule has 2 heterocycles. The van der Waals surface area contributed by atoms with Crippen LogP contribution >= 0.6 is 22.7 Å². The van der Waals surface area contributed by atoms with Crippen molar-refractivity contribution in [2.45, 2.75) is 20.5 Å². The quantitative estimate of drug-likeness (QED) is 0.363. The van der Waals surface area contributed by atoms with Gasteiger partial charge in [0.15, 0.2) is 5.13 Å². The monoisotopic (exact) mass is 482 g/mol. The van der Waals surface area contributed by atoms with Crippen LogP contribution < -0.4 is 15.4 Å². The first-order valence-electron chi connectivity index (χ1n) is 9.85. The van der Waals surface area contributed by atoms with Gasteiger partial charge < -0.3 is 10.1 Å². The van der Waals surface area contributed by atoms with Gasteiger partial charge in [-0.1, -0.05) is 6.07 Å². The molecule has 10 heteroatoms. The predicted molar refractivity (Wildman–Crippen MR) is 127 cm³/mol. The second kappa shape index (κ2) is 9.88. The lowest BCUT2D eigenvalue weighted by Gasteiger charge is -2.07. The number of carbonyl (C=O) groups is 2. The topological polar surface area (TPSA) is 93.2 Å².